The number of amidine groups is 1. The average Bonchev–Trinajstić information content (AvgIpc) is 2.34. The number of nitrogens with one attached hydrogen (secondary N) is 2. The Kier molecular flexibility index (Phi) is 3.45. The predicted molar refractivity (Wildman–Crippen MR) is 73.1 cm³/mol. The summed E-state index contributed by atoms with van der Waals surface area (Å²) in [5.41, 5.74) is 2.58. The molecule has 2 aromatic rings. The molecule has 86 valence electrons. The second kappa shape index (κ2) is 5.02. The third kappa shape index (κ3) is 2.66. The van der Waals surface area contributed by atoms with E-state index in [0.29, 0.717) is 10.9 Å². The number of rotatable bonds is 2. The third-order valence-corrected chi connectivity index (χ3v) is 3.01. The van der Waals surface area contributed by atoms with Crippen molar-refractivity contribution in [3.05, 3.63) is 64.7 Å². The van der Waals surface area contributed by atoms with Gasteiger partial charge in [0, 0.05) is 11.3 Å². The highest BCUT2D eigenvalue weighted by Gasteiger charge is 2.08. The van der Waals surface area contributed by atoms with Crippen LogP contribution in [0.25, 0.3) is 0 Å². The fraction of sp³-hybridized carbons (Fsp3) is 0.0714. The van der Waals surface area contributed by atoms with Gasteiger partial charge in [-0.1, -0.05) is 41.9 Å². The molecule has 0 atom stereocenters. The monoisotopic (exact) mass is 244 g/mol. The molecule has 0 aliphatic heterocycles. The van der Waals surface area contributed by atoms with Crippen LogP contribution in [0.3, 0.4) is 0 Å². The van der Waals surface area contributed by atoms with Crippen LogP contribution in [0.5, 0.6) is 0 Å². The molecule has 0 radical (unpaired) electrons. The quantitative estimate of drug-likeness (QED) is 0.606. The van der Waals surface area contributed by atoms with Gasteiger partial charge in [-0.2, -0.15) is 0 Å². The lowest BCUT2D eigenvalue weighted by molar-refractivity contribution is 1.40. The van der Waals surface area contributed by atoms with E-state index in [1.54, 1.807) is 0 Å². The summed E-state index contributed by atoms with van der Waals surface area (Å²) in [6.07, 6.45) is 0. The summed E-state index contributed by atoms with van der Waals surface area (Å²) in [6.45, 7) is 1.93. The number of benzene rings is 2. The highest BCUT2D eigenvalue weighted by molar-refractivity contribution is 6.35. The van der Waals surface area contributed by atoms with Gasteiger partial charge in [-0.25, -0.2) is 0 Å². The number of aryl methyl sites for hydroxylation is 1. The third-order valence-electron chi connectivity index (χ3n) is 2.50. The van der Waals surface area contributed by atoms with Crippen molar-refractivity contribution in [2.45, 2.75) is 6.92 Å². The molecule has 2 rings (SSSR count). The summed E-state index contributed by atoms with van der Waals surface area (Å²) in [5.74, 6) is 0.310. The van der Waals surface area contributed by atoms with Crippen LogP contribution in [0, 0.1) is 12.3 Å². The molecule has 2 aromatic carbocycles. The smallest absolute Gasteiger partial charge is 0.131 e. The maximum Gasteiger partial charge on any atom is 0.131 e. The Morgan fingerprint density at radius 3 is 2.47 bits per heavy atom. The van der Waals surface area contributed by atoms with Crippen LogP contribution in [0.4, 0.5) is 5.69 Å². The average molecular weight is 245 g/mol. The molecule has 3 heteroatoms. The SMILES string of the molecule is Cc1cccc(C(=N)Nc2ccccc2)c1Cl. The van der Waals surface area contributed by atoms with Gasteiger partial charge < -0.3 is 5.32 Å². The number of hydrogen-bond donors (Lipinski definition) is 2. The van der Waals surface area contributed by atoms with Gasteiger partial charge in [0.25, 0.3) is 0 Å². The topological polar surface area (TPSA) is 35.9 Å². The van der Waals surface area contributed by atoms with Gasteiger partial charge in [0.1, 0.15) is 5.84 Å². The summed E-state index contributed by atoms with van der Waals surface area (Å²) >= 11 is 6.17. The minimum absolute atomic E-state index is 0.310. The van der Waals surface area contributed by atoms with Crippen LogP contribution >= 0.6 is 11.6 Å². The predicted octanol–water partition coefficient (Wildman–Crippen LogP) is 4.09. The minimum atomic E-state index is 0.310. The van der Waals surface area contributed by atoms with Crippen molar-refractivity contribution in [2.75, 3.05) is 5.32 Å². The van der Waals surface area contributed by atoms with E-state index >= 15 is 0 Å². The van der Waals surface area contributed by atoms with Gasteiger partial charge in [0.05, 0.1) is 5.02 Å². The standard InChI is InChI=1S/C14H13ClN2/c1-10-6-5-9-12(13(10)15)14(16)17-11-7-3-2-4-8-11/h2-9H,1H3,(H2,16,17). The van der Waals surface area contributed by atoms with Crippen molar-refractivity contribution in [1.29, 1.82) is 5.41 Å². The lowest BCUT2D eigenvalue weighted by Crippen LogP contribution is -2.12. The van der Waals surface area contributed by atoms with Crippen molar-refractivity contribution in [2.24, 2.45) is 0 Å². The van der Waals surface area contributed by atoms with E-state index in [1.807, 2.05) is 55.5 Å². The Labute approximate surface area is 106 Å². The summed E-state index contributed by atoms with van der Waals surface area (Å²) in [7, 11) is 0. The molecule has 0 amide bonds. The summed E-state index contributed by atoms with van der Waals surface area (Å²) in [6, 6.07) is 15.3. The van der Waals surface area contributed by atoms with Crippen LogP contribution in [-0.2, 0) is 0 Å². The second-order valence-corrected chi connectivity index (χ2v) is 4.18. The zero-order valence-corrected chi connectivity index (χ0v) is 10.3. The largest absolute Gasteiger partial charge is 0.340 e. The maximum absolute atomic E-state index is 8.01. The molecule has 2 nitrogen and oxygen atoms in total. The Hall–Kier alpha value is -1.80. The highest BCUT2D eigenvalue weighted by atomic mass is 35.5. The van der Waals surface area contributed by atoms with Gasteiger partial charge in [-0.05, 0) is 30.7 Å². The first-order valence-electron chi connectivity index (χ1n) is 5.34. The summed E-state index contributed by atoms with van der Waals surface area (Å²) in [5, 5.41) is 11.7. The fourth-order valence-corrected chi connectivity index (χ4v) is 1.79. The van der Waals surface area contributed by atoms with Crippen molar-refractivity contribution in [1.82, 2.24) is 0 Å². The maximum atomic E-state index is 8.01. The lowest BCUT2D eigenvalue weighted by atomic mass is 10.1. The Morgan fingerprint density at radius 1 is 1.06 bits per heavy atom. The van der Waals surface area contributed by atoms with Crippen molar-refractivity contribution in [3.8, 4) is 0 Å². The zero-order valence-electron chi connectivity index (χ0n) is 9.50. The molecular formula is C14H13ClN2. The Morgan fingerprint density at radius 2 is 1.76 bits per heavy atom. The van der Waals surface area contributed by atoms with Gasteiger partial charge in [0.2, 0.25) is 0 Å². The molecule has 0 fully saturated rings. The van der Waals surface area contributed by atoms with Gasteiger partial charge in [-0.15, -0.1) is 0 Å². The molecular weight excluding hydrogens is 232 g/mol. The van der Waals surface area contributed by atoms with Crippen molar-refractivity contribution < 1.29 is 0 Å². The van der Waals surface area contributed by atoms with Crippen molar-refractivity contribution >= 4 is 23.1 Å². The van der Waals surface area contributed by atoms with E-state index in [4.69, 9.17) is 17.0 Å². The van der Waals surface area contributed by atoms with Crippen LogP contribution < -0.4 is 5.32 Å². The van der Waals surface area contributed by atoms with E-state index in [9.17, 15) is 0 Å². The number of hydrogen-bond acceptors (Lipinski definition) is 1. The molecule has 0 aliphatic rings. The highest BCUT2D eigenvalue weighted by Crippen LogP contribution is 2.21. The normalized spacial score (nSPS) is 10.0. The number of para-hydroxylation sites is 1. The van der Waals surface area contributed by atoms with Crippen molar-refractivity contribution in [3.63, 3.8) is 0 Å². The molecule has 0 spiro atoms. The first-order chi connectivity index (χ1) is 8.18. The van der Waals surface area contributed by atoms with Gasteiger partial charge in [0.15, 0.2) is 0 Å². The molecule has 0 unspecified atom stereocenters. The first kappa shape index (κ1) is 11.7. The second-order valence-electron chi connectivity index (χ2n) is 3.80. The molecule has 0 saturated carbocycles. The molecule has 17 heavy (non-hydrogen) atoms. The molecule has 0 aromatic heterocycles. The van der Waals surface area contributed by atoms with Crippen LogP contribution in [0.1, 0.15) is 11.1 Å². The van der Waals surface area contributed by atoms with E-state index in [0.717, 1.165) is 16.8 Å². The van der Waals surface area contributed by atoms with Crippen LogP contribution in [0.15, 0.2) is 48.5 Å². The van der Waals surface area contributed by atoms with E-state index in [1.165, 1.54) is 0 Å². The van der Waals surface area contributed by atoms with E-state index < -0.39 is 0 Å². The van der Waals surface area contributed by atoms with Gasteiger partial charge in [-0.3, -0.25) is 5.41 Å². The first-order valence-corrected chi connectivity index (χ1v) is 5.72. The van der Waals surface area contributed by atoms with Gasteiger partial charge >= 0.3 is 0 Å². The van der Waals surface area contributed by atoms with Crippen LogP contribution in [-0.4, -0.2) is 5.84 Å². The summed E-state index contributed by atoms with van der Waals surface area (Å²) in [4.78, 5) is 0. The van der Waals surface area contributed by atoms with Crippen LogP contribution in [0.2, 0.25) is 5.02 Å². The van der Waals surface area contributed by atoms with E-state index in [-0.39, 0.29) is 0 Å². The molecule has 2 N–H and O–H groups in total. The molecule has 0 heterocycles. The zero-order chi connectivity index (χ0) is 12.3. The number of halogens is 1. The minimum Gasteiger partial charge on any atom is -0.340 e. The fourth-order valence-electron chi connectivity index (χ4n) is 1.57. The molecule has 0 bridgehead atoms. The van der Waals surface area contributed by atoms with E-state index in [2.05, 4.69) is 5.32 Å². The molecule has 0 aliphatic carbocycles. The Bertz CT molecular complexity index is 535. The lowest BCUT2D eigenvalue weighted by Gasteiger charge is -2.10. The molecule has 0 saturated heterocycles. The Balaban J connectivity index is 2.24. The summed E-state index contributed by atoms with van der Waals surface area (Å²) < 4.78 is 0. The number of anilines is 1.